The lowest BCUT2D eigenvalue weighted by Gasteiger charge is -2.39. The molecule has 2 aliphatic rings. The fraction of sp³-hybridized carbons (Fsp3) is 0.450. The SMILES string of the molecule is Cc1[nH]c2cccc3c2c1CC1C3=CC(C(=O)NC(C)CO)CN1C. The zero-order valence-corrected chi connectivity index (χ0v) is 15.0. The molecule has 5 nitrogen and oxygen atoms in total. The highest BCUT2D eigenvalue weighted by atomic mass is 16.3. The van der Waals surface area contributed by atoms with Crippen LogP contribution in [0.2, 0.25) is 0 Å². The maximum absolute atomic E-state index is 12.6. The fourth-order valence-corrected chi connectivity index (χ4v) is 4.28. The first-order valence-electron chi connectivity index (χ1n) is 8.93. The van der Waals surface area contributed by atoms with Crippen LogP contribution in [0.25, 0.3) is 16.5 Å². The number of aliphatic hydroxyl groups is 1. The van der Waals surface area contributed by atoms with Gasteiger partial charge in [0.25, 0.3) is 0 Å². The molecule has 5 heteroatoms. The van der Waals surface area contributed by atoms with Gasteiger partial charge in [0.15, 0.2) is 0 Å². The molecular weight excluding hydrogens is 314 g/mol. The summed E-state index contributed by atoms with van der Waals surface area (Å²) >= 11 is 0. The smallest absolute Gasteiger partial charge is 0.228 e. The molecule has 0 saturated heterocycles. The summed E-state index contributed by atoms with van der Waals surface area (Å²) in [5.41, 5.74) is 6.31. The molecule has 1 aromatic carbocycles. The van der Waals surface area contributed by atoms with E-state index in [4.69, 9.17) is 0 Å². The number of aromatic amines is 1. The third-order valence-electron chi connectivity index (χ3n) is 5.61. The molecule has 3 atom stereocenters. The summed E-state index contributed by atoms with van der Waals surface area (Å²) in [7, 11) is 2.10. The van der Waals surface area contributed by atoms with Crippen LogP contribution in [0.4, 0.5) is 0 Å². The van der Waals surface area contributed by atoms with E-state index in [1.807, 2.05) is 6.92 Å². The number of carbonyl (C=O) groups is 1. The lowest BCUT2D eigenvalue weighted by Crippen LogP contribution is -2.48. The highest BCUT2D eigenvalue weighted by molar-refractivity contribution is 6.00. The molecule has 3 N–H and O–H groups in total. The van der Waals surface area contributed by atoms with Crippen molar-refractivity contribution in [3.63, 3.8) is 0 Å². The normalized spacial score (nSPS) is 23.9. The van der Waals surface area contributed by atoms with Crippen LogP contribution in [0.15, 0.2) is 24.3 Å². The van der Waals surface area contributed by atoms with Gasteiger partial charge in [0.05, 0.1) is 12.5 Å². The highest BCUT2D eigenvalue weighted by Crippen LogP contribution is 2.41. The van der Waals surface area contributed by atoms with Crippen LogP contribution in [-0.4, -0.2) is 53.2 Å². The van der Waals surface area contributed by atoms with Crippen LogP contribution in [-0.2, 0) is 11.2 Å². The van der Waals surface area contributed by atoms with Crippen molar-refractivity contribution in [2.75, 3.05) is 20.2 Å². The topological polar surface area (TPSA) is 68.4 Å². The zero-order valence-electron chi connectivity index (χ0n) is 15.0. The van der Waals surface area contributed by atoms with Crippen molar-refractivity contribution in [2.24, 2.45) is 5.92 Å². The molecule has 2 aromatic rings. The van der Waals surface area contributed by atoms with Crippen LogP contribution in [0.3, 0.4) is 0 Å². The van der Waals surface area contributed by atoms with Gasteiger partial charge in [0.1, 0.15) is 0 Å². The summed E-state index contributed by atoms with van der Waals surface area (Å²) in [4.78, 5) is 18.4. The first-order chi connectivity index (χ1) is 12.0. The lowest BCUT2D eigenvalue weighted by atomic mass is 9.79. The lowest BCUT2D eigenvalue weighted by molar-refractivity contribution is -0.125. The molecule has 1 aliphatic carbocycles. The van der Waals surface area contributed by atoms with E-state index >= 15 is 0 Å². The van der Waals surface area contributed by atoms with Crippen molar-refractivity contribution in [1.82, 2.24) is 15.2 Å². The number of rotatable bonds is 3. The quantitative estimate of drug-likeness (QED) is 0.799. The number of carbonyl (C=O) groups excluding carboxylic acids is 1. The van der Waals surface area contributed by atoms with Gasteiger partial charge in [-0.15, -0.1) is 0 Å². The van der Waals surface area contributed by atoms with Gasteiger partial charge in [-0.2, -0.15) is 0 Å². The van der Waals surface area contributed by atoms with Gasteiger partial charge >= 0.3 is 0 Å². The number of aromatic nitrogens is 1. The number of fused-ring (bicyclic) bond motifs is 2. The Kier molecular flexibility index (Phi) is 3.93. The summed E-state index contributed by atoms with van der Waals surface area (Å²) in [6.45, 7) is 4.62. The van der Waals surface area contributed by atoms with Gasteiger partial charge in [0.2, 0.25) is 5.91 Å². The van der Waals surface area contributed by atoms with Crippen molar-refractivity contribution < 1.29 is 9.90 Å². The molecule has 0 bridgehead atoms. The Balaban J connectivity index is 1.78. The third kappa shape index (κ3) is 2.58. The molecule has 1 amide bonds. The van der Waals surface area contributed by atoms with E-state index in [0.717, 1.165) is 6.42 Å². The second-order valence-corrected chi connectivity index (χ2v) is 7.44. The van der Waals surface area contributed by atoms with Crippen molar-refractivity contribution in [3.8, 4) is 0 Å². The minimum atomic E-state index is -0.220. The zero-order chi connectivity index (χ0) is 17.7. The number of amides is 1. The molecule has 2 heterocycles. The fourth-order valence-electron chi connectivity index (χ4n) is 4.28. The van der Waals surface area contributed by atoms with Crippen molar-refractivity contribution in [3.05, 3.63) is 41.1 Å². The van der Waals surface area contributed by atoms with Crippen LogP contribution in [0, 0.1) is 12.8 Å². The van der Waals surface area contributed by atoms with E-state index in [1.54, 1.807) is 0 Å². The summed E-state index contributed by atoms with van der Waals surface area (Å²) in [5.74, 6) is -0.204. The first kappa shape index (κ1) is 16.4. The number of hydrogen-bond acceptors (Lipinski definition) is 3. The molecule has 1 aromatic heterocycles. The summed E-state index contributed by atoms with van der Waals surface area (Å²) in [6.07, 6.45) is 3.12. The number of hydrogen-bond donors (Lipinski definition) is 3. The standard InChI is InChI=1S/C20H25N3O2/c1-11(10-24)21-20(25)13-7-16-14-5-4-6-17-19(14)15(12(2)22-17)8-18(16)23(3)9-13/h4-7,11,13,18,22,24H,8-10H2,1-3H3,(H,21,25). The van der Waals surface area contributed by atoms with Crippen molar-refractivity contribution in [2.45, 2.75) is 32.4 Å². The first-order valence-corrected chi connectivity index (χ1v) is 8.93. The Morgan fingerprint density at radius 1 is 1.48 bits per heavy atom. The largest absolute Gasteiger partial charge is 0.394 e. The van der Waals surface area contributed by atoms with E-state index in [0.29, 0.717) is 12.6 Å². The molecule has 1 aliphatic heterocycles. The predicted molar refractivity (Wildman–Crippen MR) is 99.3 cm³/mol. The maximum Gasteiger partial charge on any atom is 0.228 e. The second kappa shape index (κ2) is 6.00. The van der Waals surface area contributed by atoms with Gasteiger partial charge in [-0.05, 0) is 50.1 Å². The van der Waals surface area contributed by atoms with E-state index in [-0.39, 0.29) is 24.5 Å². The van der Waals surface area contributed by atoms with Gasteiger partial charge < -0.3 is 15.4 Å². The molecular formula is C20H25N3O2. The Morgan fingerprint density at radius 2 is 2.28 bits per heavy atom. The third-order valence-corrected chi connectivity index (χ3v) is 5.61. The minimum absolute atomic E-state index is 0.0115. The number of benzene rings is 1. The predicted octanol–water partition coefficient (Wildman–Crippen LogP) is 1.84. The Hall–Kier alpha value is -2.11. The molecule has 0 fully saturated rings. The molecule has 0 spiro atoms. The summed E-state index contributed by atoms with van der Waals surface area (Å²) < 4.78 is 0. The van der Waals surface area contributed by atoms with Crippen LogP contribution >= 0.6 is 0 Å². The Bertz CT molecular complexity index is 867. The van der Waals surface area contributed by atoms with E-state index < -0.39 is 0 Å². The highest BCUT2D eigenvalue weighted by Gasteiger charge is 2.36. The van der Waals surface area contributed by atoms with E-state index in [1.165, 1.54) is 33.3 Å². The summed E-state index contributed by atoms with van der Waals surface area (Å²) in [6, 6.07) is 6.46. The van der Waals surface area contributed by atoms with Gasteiger partial charge in [-0.1, -0.05) is 18.2 Å². The molecule has 0 saturated carbocycles. The molecule has 25 heavy (non-hydrogen) atoms. The Morgan fingerprint density at radius 3 is 3.04 bits per heavy atom. The summed E-state index contributed by atoms with van der Waals surface area (Å²) in [5, 5.41) is 13.4. The van der Waals surface area contributed by atoms with Crippen LogP contribution in [0.1, 0.15) is 23.7 Å². The van der Waals surface area contributed by atoms with Gasteiger partial charge in [-0.25, -0.2) is 0 Å². The molecule has 4 rings (SSSR count). The minimum Gasteiger partial charge on any atom is -0.394 e. The molecule has 0 radical (unpaired) electrons. The molecule has 132 valence electrons. The van der Waals surface area contributed by atoms with Crippen molar-refractivity contribution >= 4 is 22.4 Å². The van der Waals surface area contributed by atoms with Gasteiger partial charge in [0, 0.05) is 35.2 Å². The number of aliphatic hydroxyl groups excluding tert-OH is 1. The number of H-pyrrole nitrogens is 1. The number of nitrogens with one attached hydrogen (secondary N) is 2. The number of likely N-dealkylation sites (N-methyl/N-ethyl adjacent to an activating group) is 1. The maximum atomic E-state index is 12.6. The van der Waals surface area contributed by atoms with Crippen LogP contribution in [0.5, 0.6) is 0 Å². The average molecular weight is 339 g/mol. The second-order valence-electron chi connectivity index (χ2n) is 7.44. The average Bonchev–Trinajstić information content (AvgIpc) is 2.92. The number of nitrogens with zero attached hydrogens (tertiary/aromatic N) is 1. The van der Waals surface area contributed by atoms with Crippen LogP contribution < -0.4 is 5.32 Å². The van der Waals surface area contributed by atoms with E-state index in [9.17, 15) is 9.90 Å². The Labute approximate surface area is 147 Å². The number of aryl methyl sites for hydroxylation is 1. The van der Waals surface area contributed by atoms with Gasteiger partial charge in [-0.3, -0.25) is 9.69 Å². The molecule has 3 unspecified atom stereocenters. The van der Waals surface area contributed by atoms with Crippen molar-refractivity contribution in [1.29, 1.82) is 0 Å². The monoisotopic (exact) mass is 339 g/mol. The van der Waals surface area contributed by atoms with E-state index in [2.05, 4.69) is 53.4 Å².